The van der Waals surface area contributed by atoms with Gasteiger partial charge in [-0.2, -0.15) is 0 Å². The van der Waals surface area contributed by atoms with E-state index in [2.05, 4.69) is 0 Å². The molecule has 1 amide bonds. The lowest BCUT2D eigenvalue weighted by molar-refractivity contribution is -0.132. The maximum atomic E-state index is 13.4. The number of nitrogens with zero attached hydrogens (tertiary/aromatic N) is 1. The normalized spacial score (nSPS) is 17.0. The molecule has 6 nitrogen and oxygen atoms in total. The summed E-state index contributed by atoms with van der Waals surface area (Å²) in [5, 5.41) is 11.4. The van der Waals surface area contributed by atoms with Crippen LogP contribution in [0, 0.1) is 6.92 Å². The van der Waals surface area contributed by atoms with E-state index in [0.29, 0.717) is 29.4 Å². The summed E-state index contributed by atoms with van der Waals surface area (Å²) in [4.78, 5) is 28.2. The Hall–Kier alpha value is -4.06. The Morgan fingerprint density at radius 2 is 1.75 bits per heavy atom. The zero-order valence-electron chi connectivity index (χ0n) is 21.0. The van der Waals surface area contributed by atoms with E-state index in [0.717, 1.165) is 17.5 Å². The fourth-order valence-electron chi connectivity index (χ4n) is 4.33. The summed E-state index contributed by atoms with van der Waals surface area (Å²) in [6, 6.07) is 20.8. The minimum absolute atomic E-state index is 0.00335. The third-order valence-corrected chi connectivity index (χ3v) is 5.94. The monoisotopic (exact) mass is 485 g/mol. The third kappa shape index (κ3) is 4.98. The molecule has 0 aliphatic carbocycles. The van der Waals surface area contributed by atoms with Gasteiger partial charge in [-0.1, -0.05) is 43.3 Å². The molecule has 1 heterocycles. The summed E-state index contributed by atoms with van der Waals surface area (Å²) in [6.07, 6.45) is 0.850. The number of aliphatic hydroxyl groups excluding tert-OH is 1. The number of carbonyl (C=O) groups is 2. The van der Waals surface area contributed by atoms with E-state index >= 15 is 0 Å². The average molecular weight is 486 g/mol. The Labute approximate surface area is 211 Å². The lowest BCUT2D eigenvalue weighted by Crippen LogP contribution is -2.29. The molecular formula is C30H31NO5. The van der Waals surface area contributed by atoms with Crippen molar-refractivity contribution in [1.29, 1.82) is 0 Å². The highest BCUT2D eigenvalue weighted by Gasteiger charge is 2.47. The largest absolute Gasteiger partial charge is 0.507 e. The zero-order valence-corrected chi connectivity index (χ0v) is 21.0. The molecule has 1 aliphatic rings. The molecule has 36 heavy (non-hydrogen) atoms. The number of rotatable bonds is 8. The van der Waals surface area contributed by atoms with Crippen LogP contribution in [0.2, 0.25) is 0 Å². The highest BCUT2D eigenvalue weighted by molar-refractivity contribution is 6.51. The van der Waals surface area contributed by atoms with Gasteiger partial charge in [-0.05, 0) is 68.7 Å². The van der Waals surface area contributed by atoms with E-state index in [1.54, 1.807) is 36.4 Å². The number of carbonyl (C=O) groups excluding carboxylic acids is 2. The average Bonchev–Trinajstić information content (AvgIpc) is 3.14. The summed E-state index contributed by atoms with van der Waals surface area (Å²) >= 11 is 0. The van der Waals surface area contributed by atoms with E-state index in [9.17, 15) is 14.7 Å². The molecule has 1 fully saturated rings. The van der Waals surface area contributed by atoms with Crippen molar-refractivity contribution in [1.82, 2.24) is 0 Å². The molecule has 0 radical (unpaired) electrons. The Morgan fingerprint density at radius 1 is 1.00 bits per heavy atom. The van der Waals surface area contributed by atoms with Gasteiger partial charge in [0.1, 0.15) is 17.3 Å². The molecule has 1 atom stereocenters. The predicted molar refractivity (Wildman–Crippen MR) is 140 cm³/mol. The van der Waals surface area contributed by atoms with Crippen molar-refractivity contribution >= 4 is 23.1 Å². The fraction of sp³-hybridized carbons (Fsp3) is 0.267. The molecule has 186 valence electrons. The number of hydrogen-bond donors (Lipinski definition) is 1. The van der Waals surface area contributed by atoms with Crippen molar-refractivity contribution in [2.75, 3.05) is 11.5 Å². The second kappa shape index (κ2) is 10.7. The summed E-state index contributed by atoms with van der Waals surface area (Å²) in [7, 11) is 0. The first-order valence-corrected chi connectivity index (χ1v) is 12.2. The number of amides is 1. The maximum Gasteiger partial charge on any atom is 0.300 e. The molecule has 4 rings (SSSR count). The molecule has 0 saturated carbocycles. The van der Waals surface area contributed by atoms with Gasteiger partial charge in [0.2, 0.25) is 0 Å². The molecule has 1 unspecified atom stereocenters. The van der Waals surface area contributed by atoms with Crippen LogP contribution in [0.25, 0.3) is 5.76 Å². The standard InChI is InChI=1S/C30H31NO5/c1-5-16-35-24-13-9-12-23(18-24)31-27(21-10-7-6-8-11-21)26(29(33)30(31)34)28(32)22-14-15-25(20(4)17-22)36-19(2)3/h6-15,17-19,27,32H,5,16H2,1-4H3/b28-26-. The van der Waals surface area contributed by atoms with E-state index < -0.39 is 17.7 Å². The molecule has 0 aromatic heterocycles. The van der Waals surface area contributed by atoms with Crippen molar-refractivity contribution in [2.45, 2.75) is 46.3 Å². The molecule has 6 heteroatoms. The van der Waals surface area contributed by atoms with E-state index in [4.69, 9.17) is 9.47 Å². The molecule has 1 N–H and O–H groups in total. The Balaban J connectivity index is 1.84. The third-order valence-electron chi connectivity index (χ3n) is 5.94. The van der Waals surface area contributed by atoms with E-state index in [1.807, 2.05) is 64.1 Å². The van der Waals surface area contributed by atoms with Crippen LogP contribution in [0.4, 0.5) is 5.69 Å². The first-order chi connectivity index (χ1) is 17.3. The lowest BCUT2D eigenvalue weighted by atomic mass is 9.94. The highest BCUT2D eigenvalue weighted by atomic mass is 16.5. The smallest absolute Gasteiger partial charge is 0.300 e. The Bertz CT molecular complexity index is 1300. The van der Waals surface area contributed by atoms with E-state index in [-0.39, 0.29) is 17.4 Å². The first kappa shape index (κ1) is 25.0. The summed E-state index contributed by atoms with van der Waals surface area (Å²) in [5.41, 5.74) is 2.55. The number of ketones is 1. The van der Waals surface area contributed by atoms with Crippen LogP contribution < -0.4 is 14.4 Å². The number of aliphatic hydroxyl groups is 1. The molecular weight excluding hydrogens is 454 g/mol. The lowest BCUT2D eigenvalue weighted by Gasteiger charge is -2.26. The molecule has 3 aromatic rings. The first-order valence-electron chi connectivity index (χ1n) is 12.2. The van der Waals surface area contributed by atoms with Gasteiger partial charge in [-0.25, -0.2) is 0 Å². The quantitative estimate of drug-likeness (QED) is 0.234. The Kier molecular flexibility index (Phi) is 7.44. The summed E-state index contributed by atoms with van der Waals surface area (Å²) in [5.74, 6) is -0.344. The number of benzene rings is 3. The van der Waals surface area contributed by atoms with Crippen LogP contribution in [-0.2, 0) is 9.59 Å². The van der Waals surface area contributed by atoms with Crippen LogP contribution in [0.5, 0.6) is 11.5 Å². The SMILES string of the molecule is CCCOc1cccc(N2C(=O)C(=O)/C(=C(\O)c3ccc(OC(C)C)c(C)c3)C2c2ccccc2)c1. The number of ether oxygens (including phenoxy) is 2. The highest BCUT2D eigenvalue weighted by Crippen LogP contribution is 2.43. The minimum Gasteiger partial charge on any atom is -0.507 e. The summed E-state index contributed by atoms with van der Waals surface area (Å²) < 4.78 is 11.6. The van der Waals surface area contributed by atoms with Gasteiger partial charge < -0.3 is 14.6 Å². The van der Waals surface area contributed by atoms with Crippen molar-refractivity contribution in [3.8, 4) is 11.5 Å². The van der Waals surface area contributed by atoms with Gasteiger partial charge in [0, 0.05) is 17.3 Å². The Morgan fingerprint density at radius 3 is 2.42 bits per heavy atom. The number of hydrogen-bond acceptors (Lipinski definition) is 5. The van der Waals surface area contributed by atoms with E-state index in [1.165, 1.54) is 4.90 Å². The molecule has 1 aliphatic heterocycles. The van der Waals surface area contributed by atoms with Gasteiger partial charge in [0.15, 0.2) is 0 Å². The second-order valence-corrected chi connectivity index (χ2v) is 9.07. The van der Waals surface area contributed by atoms with Gasteiger partial charge in [-0.15, -0.1) is 0 Å². The predicted octanol–water partition coefficient (Wildman–Crippen LogP) is 6.20. The van der Waals surface area contributed by atoms with Crippen molar-refractivity contribution < 1.29 is 24.2 Å². The second-order valence-electron chi connectivity index (χ2n) is 9.07. The summed E-state index contributed by atoms with van der Waals surface area (Å²) in [6.45, 7) is 8.32. The van der Waals surface area contributed by atoms with Gasteiger partial charge >= 0.3 is 0 Å². The van der Waals surface area contributed by atoms with Gasteiger partial charge in [-0.3, -0.25) is 14.5 Å². The fourth-order valence-corrected chi connectivity index (χ4v) is 4.33. The van der Waals surface area contributed by atoms with Crippen LogP contribution in [0.1, 0.15) is 49.9 Å². The number of aryl methyl sites for hydroxylation is 1. The van der Waals surface area contributed by atoms with Crippen LogP contribution in [-0.4, -0.2) is 29.5 Å². The molecule has 1 saturated heterocycles. The van der Waals surface area contributed by atoms with Crippen molar-refractivity contribution in [2.24, 2.45) is 0 Å². The van der Waals surface area contributed by atoms with Crippen LogP contribution in [0.3, 0.4) is 0 Å². The van der Waals surface area contributed by atoms with Gasteiger partial charge in [0.25, 0.3) is 11.7 Å². The van der Waals surface area contributed by atoms with Gasteiger partial charge in [0.05, 0.1) is 24.3 Å². The number of anilines is 1. The maximum absolute atomic E-state index is 13.4. The molecule has 0 bridgehead atoms. The van der Waals surface area contributed by atoms with Crippen molar-refractivity contribution in [3.63, 3.8) is 0 Å². The number of Topliss-reactive ketones (excluding diaryl/α,β-unsaturated/α-hetero) is 1. The molecule has 0 spiro atoms. The minimum atomic E-state index is -0.792. The molecule has 3 aromatic carbocycles. The topological polar surface area (TPSA) is 76.1 Å². The van der Waals surface area contributed by atoms with Crippen LogP contribution >= 0.6 is 0 Å². The zero-order chi connectivity index (χ0) is 25.8. The van der Waals surface area contributed by atoms with Crippen LogP contribution in [0.15, 0.2) is 78.4 Å². The van der Waals surface area contributed by atoms with Crippen molar-refractivity contribution in [3.05, 3.63) is 95.1 Å².